The molecule has 4 nitrogen and oxygen atoms in total. The SMILES string of the molecule is O=C(O)c1nn(Cc2ccc(Cl)cc2F)c2ccc(CF)cc12. The minimum atomic E-state index is -1.22. The number of aromatic carboxylic acids is 1. The molecule has 2 aromatic carbocycles. The molecule has 0 radical (unpaired) electrons. The number of carbonyl (C=O) groups is 1. The maximum absolute atomic E-state index is 13.9. The normalized spacial score (nSPS) is 11.1. The van der Waals surface area contributed by atoms with Gasteiger partial charge in [0.25, 0.3) is 0 Å². The fraction of sp³-hybridized carbons (Fsp3) is 0.125. The molecule has 0 saturated heterocycles. The van der Waals surface area contributed by atoms with Gasteiger partial charge < -0.3 is 5.11 Å². The van der Waals surface area contributed by atoms with Crippen molar-refractivity contribution in [1.82, 2.24) is 9.78 Å². The van der Waals surface area contributed by atoms with Crippen molar-refractivity contribution in [2.75, 3.05) is 0 Å². The van der Waals surface area contributed by atoms with Crippen LogP contribution >= 0.6 is 11.6 Å². The molecular formula is C16H11ClF2N2O2. The van der Waals surface area contributed by atoms with Gasteiger partial charge in [-0.3, -0.25) is 4.68 Å². The van der Waals surface area contributed by atoms with Crippen LogP contribution in [0.5, 0.6) is 0 Å². The zero-order valence-corrected chi connectivity index (χ0v) is 12.5. The average Bonchev–Trinajstić information content (AvgIpc) is 2.88. The van der Waals surface area contributed by atoms with Gasteiger partial charge in [0.1, 0.15) is 12.5 Å². The van der Waals surface area contributed by atoms with Gasteiger partial charge in [-0.25, -0.2) is 13.6 Å². The van der Waals surface area contributed by atoms with Gasteiger partial charge in [-0.15, -0.1) is 0 Å². The van der Waals surface area contributed by atoms with Crippen LogP contribution in [-0.4, -0.2) is 20.9 Å². The molecular weight excluding hydrogens is 326 g/mol. The van der Waals surface area contributed by atoms with Gasteiger partial charge >= 0.3 is 5.97 Å². The van der Waals surface area contributed by atoms with Crippen molar-refractivity contribution in [2.24, 2.45) is 0 Å². The van der Waals surface area contributed by atoms with Crippen LogP contribution in [0.1, 0.15) is 21.6 Å². The van der Waals surface area contributed by atoms with Crippen LogP contribution in [0.15, 0.2) is 36.4 Å². The Hall–Kier alpha value is -2.47. The second kappa shape index (κ2) is 5.96. The summed E-state index contributed by atoms with van der Waals surface area (Å²) >= 11 is 5.72. The van der Waals surface area contributed by atoms with Crippen molar-refractivity contribution < 1.29 is 18.7 Å². The van der Waals surface area contributed by atoms with Crippen LogP contribution in [0.3, 0.4) is 0 Å². The Kier molecular flexibility index (Phi) is 4.00. The van der Waals surface area contributed by atoms with E-state index in [0.29, 0.717) is 22.0 Å². The second-order valence-corrected chi connectivity index (χ2v) is 5.47. The van der Waals surface area contributed by atoms with E-state index < -0.39 is 18.5 Å². The van der Waals surface area contributed by atoms with E-state index in [1.165, 1.54) is 22.9 Å². The summed E-state index contributed by atoms with van der Waals surface area (Å²) in [6.07, 6.45) is 0. The van der Waals surface area contributed by atoms with Gasteiger partial charge in [-0.2, -0.15) is 5.10 Å². The Bertz CT molecular complexity index is 908. The molecule has 0 bridgehead atoms. The van der Waals surface area contributed by atoms with Crippen molar-refractivity contribution in [3.63, 3.8) is 0 Å². The van der Waals surface area contributed by atoms with Gasteiger partial charge in [0.2, 0.25) is 0 Å². The number of aromatic nitrogens is 2. The van der Waals surface area contributed by atoms with E-state index >= 15 is 0 Å². The largest absolute Gasteiger partial charge is 0.476 e. The Morgan fingerprint density at radius 2 is 2.04 bits per heavy atom. The maximum atomic E-state index is 13.9. The number of nitrogens with zero attached hydrogens (tertiary/aromatic N) is 2. The van der Waals surface area contributed by atoms with E-state index in [1.54, 1.807) is 18.2 Å². The molecule has 0 spiro atoms. The Morgan fingerprint density at radius 1 is 1.26 bits per heavy atom. The average molecular weight is 337 g/mol. The number of hydrogen-bond donors (Lipinski definition) is 1. The number of fused-ring (bicyclic) bond motifs is 1. The van der Waals surface area contributed by atoms with E-state index in [1.807, 2.05) is 0 Å². The van der Waals surface area contributed by atoms with Crippen LogP contribution < -0.4 is 0 Å². The molecule has 0 unspecified atom stereocenters. The number of halogens is 3. The lowest BCUT2D eigenvalue weighted by molar-refractivity contribution is 0.0691. The molecule has 0 saturated carbocycles. The predicted octanol–water partition coefficient (Wildman–Crippen LogP) is 4.04. The van der Waals surface area contributed by atoms with Gasteiger partial charge in [0.15, 0.2) is 5.69 Å². The van der Waals surface area contributed by atoms with Crippen molar-refractivity contribution in [3.05, 3.63) is 64.1 Å². The smallest absolute Gasteiger partial charge is 0.357 e. The summed E-state index contributed by atoms with van der Waals surface area (Å²) in [7, 11) is 0. The van der Waals surface area contributed by atoms with Crippen molar-refractivity contribution in [1.29, 1.82) is 0 Å². The molecule has 0 aliphatic heterocycles. The van der Waals surface area contributed by atoms with Crippen LogP contribution in [0, 0.1) is 5.82 Å². The van der Waals surface area contributed by atoms with Gasteiger partial charge in [-0.1, -0.05) is 23.7 Å². The molecule has 0 atom stereocenters. The number of carboxylic acid groups (broad SMARTS) is 1. The summed E-state index contributed by atoms with van der Waals surface area (Å²) in [4.78, 5) is 11.3. The second-order valence-electron chi connectivity index (χ2n) is 5.03. The number of hydrogen-bond acceptors (Lipinski definition) is 2. The molecule has 0 amide bonds. The van der Waals surface area contributed by atoms with Gasteiger partial charge in [-0.05, 0) is 29.8 Å². The molecule has 0 aliphatic carbocycles. The first-order valence-corrected chi connectivity index (χ1v) is 7.10. The zero-order chi connectivity index (χ0) is 16.6. The highest BCUT2D eigenvalue weighted by Gasteiger charge is 2.17. The highest BCUT2D eigenvalue weighted by molar-refractivity contribution is 6.30. The summed E-state index contributed by atoms with van der Waals surface area (Å²) < 4.78 is 28.1. The lowest BCUT2D eigenvalue weighted by Gasteiger charge is -2.06. The first-order valence-electron chi connectivity index (χ1n) is 6.72. The molecule has 118 valence electrons. The van der Waals surface area contributed by atoms with Crippen LogP contribution in [0.4, 0.5) is 8.78 Å². The summed E-state index contributed by atoms with van der Waals surface area (Å²) in [6, 6.07) is 8.82. The van der Waals surface area contributed by atoms with Crippen molar-refractivity contribution >= 4 is 28.5 Å². The number of benzene rings is 2. The molecule has 3 aromatic rings. The van der Waals surface area contributed by atoms with E-state index in [-0.39, 0.29) is 17.3 Å². The fourth-order valence-electron chi connectivity index (χ4n) is 2.40. The Labute approximate surface area is 134 Å². The molecule has 1 N–H and O–H groups in total. The van der Waals surface area contributed by atoms with E-state index in [0.717, 1.165) is 0 Å². The topological polar surface area (TPSA) is 55.1 Å². The van der Waals surface area contributed by atoms with Crippen molar-refractivity contribution in [2.45, 2.75) is 13.2 Å². The molecule has 0 fully saturated rings. The molecule has 1 aromatic heterocycles. The highest BCUT2D eigenvalue weighted by Crippen LogP contribution is 2.23. The van der Waals surface area contributed by atoms with E-state index in [2.05, 4.69) is 5.10 Å². The van der Waals surface area contributed by atoms with E-state index in [9.17, 15) is 18.7 Å². The minimum Gasteiger partial charge on any atom is -0.476 e. The fourth-order valence-corrected chi connectivity index (χ4v) is 2.56. The number of carboxylic acids is 1. The van der Waals surface area contributed by atoms with E-state index in [4.69, 9.17) is 11.6 Å². The standard InChI is InChI=1S/C16H11ClF2N2O2/c17-11-3-2-10(13(19)6-11)8-21-14-4-1-9(7-18)5-12(14)15(20-21)16(22)23/h1-6H,7-8H2,(H,22,23). The minimum absolute atomic E-state index is 0.0434. The van der Waals surface area contributed by atoms with Gasteiger partial charge in [0, 0.05) is 16.0 Å². The first kappa shape index (κ1) is 15.4. The summed E-state index contributed by atoms with van der Waals surface area (Å²) in [5.41, 5.74) is 0.987. The Morgan fingerprint density at radius 3 is 2.70 bits per heavy atom. The zero-order valence-electron chi connectivity index (χ0n) is 11.8. The molecule has 23 heavy (non-hydrogen) atoms. The highest BCUT2D eigenvalue weighted by atomic mass is 35.5. The first-order chi connectivity index (χ1) is 11.0. The lowest BCUT2D eigenvalue weighted by atomic mass is 10.1. The Balaban J connectivity index is 2.12. The number of rotatable bonds is 4. The molecule has 7 heteroatoms. The van der Waals surface area contributed by atoms with Crippen molar-refractivity contribution in [3.8, 4) is 0 Å². The summed E-state index contributed by atoms with van der Waals surface area (Å²) in [5, 5.41) is 13.9. The summed E-state index contributed by atoms with van der Waals surface area (Å²) in [5.74, 6) is -1.72. The molecule has 0 aliphatic rings. The van der Waals surface area contributed by atoms with Crippen LogP contribution in [0.25, 0.3) is 10.9 Å². The quantitative estimate of drug-likeness (QED) is 0.782. The predicted molar refractivity (Wildman–Crippen MR) is 82.0 cm³/mol. The maximum Gasteiger partial charge on any atom is 0.357 e. The third-order valence-corrected chi connectivity index (χ3v) is 3.74. The third kappa shape index (κ3) is 2.90. The van der Waals surface area contributed by atoms with Crippen LogP contribution in [0.2, 0.25) is 5.02 Å². The third-order valence-electron chi connectivity index (χ3n) is 3.51. The summed E-state index contributed by atoms with van der Waals surface area (Å²) in [6.45, 7) is -0.659. The molecule has 3 rings (SSSR count). The molecule has 1 heterocycles. The van der Waals surface area contributed by atoms with Crippen LogP contribution in [-0.2, 0) is 13.2 Å². The lowest BCUT2D eigenvalue weighted by Crippen LogP contribution is -2.06. The van der Waals surface area contributed by atoms with Gasteiger partial charge in [0.05, 0.1) is 12.1 Å². The number of alkyl halides is 1. The monoisotopic (exact) mass is 336 g/mol.